The van der Waals surface area contributed by atoms with Gasteiger partial charge in [-0.25, -0.2) is 12.8 Å². The van der Waals surface area contributed by atoms with E-state index in [2.05, 4.69) is 24.1 Å². The number of benzene rings is 1. The van der Waals surface area contributed by atoms with E-state index in [1.165, 1.54) is 22.9 Å². The first-order valence-corrected chi connectivity index (χ1v) is 13.8. The Morgan fingerprint density at radius 1 is 1.18 bits per heavy atom. The summed E-state index contributed by atoms with van der Waals surface area (Å²) in [5.41, 5.74) is 4.69. The smallest absolute Gasteiger partial charge is 0.178 e. The maximum absolute atomic E-state index is 13.9. The minimum Gasteiger partial charge on any atom is -0.396 e. The molecule has 0 aliphatic heterocycles. The number of hydrogen-bond donors (Lipinski definition) is 1. The van der Waals surface area contributed by atoms with E-state index >= 15 is 0 Å². The quantitative estimate of drug-likeness (QED) is 0.582. The van der Waals surface area contributed by atoms with Gasteiger partial charge in [0.15, 0.2) is 9.84 Å². The van der Waals surface area contributed by atoms with Gasteiger partial charge in [-0.15, -0.1) is 0 Å². The van der Waals surface area contributed by atoms with E-state index in [1.54, 1.807) is 18.3 Å². The number of halogens is 1. The van der Waals surface area contributed by atoms with Crippen LogP contribution in [0.2, 0.25) is 0 Å². The molecule has 3 unspecified atom stereocenters. The Labute approximate surface area is 195 Å². The van der Waals surface area contributed by atoms with Crippen LogP contribution in [-0.2, 0) is 16.3 Å². The highest BCUT2D eigenvalue weighted by Gasteiger charge is 2.52. The largest absolute Gasteiger partial charge is 0.396 e. The minimum atomic E-state index is -3.32. The molecule has 6 heteroatoms. The molecule has 2 aromatic rings. The molecule has 176 valence electrons. The van der Waals surface area contributed by atoms with E-state index in [9.17, 15) is 12.8 Å². The molecule has 1 fully saturated rings. The summed E-state index contributed by atoms with van der Waals surface area (Å²) in [6.07, 6.45) is 11.4. The second kappa shape index (κ2) is 8.62. The SMILES string of the molecule is C[C@]12CCC3c4ccc(S(=O)(=O)CCCCO)cc4CCC3C1CC=C2c1cncc(F)c1. The lowest BCUT2D eigenvalue weighted by Crippen LogP contribution is -2.41. The standard InChI is InChI=1S/C27H32FNO3S/c1-27-11-10-23-22-7-5-21(33(31,32)13-3-2-12-30)15-18(22)4-6-24(23)26(27)9-8-25(27)19-14-20(28)17-29-16-19/h5,7-8,14-17,23-24,26,30H,2-4,6,9-13H2,1H3/t23?,24?,26?,27-/m1/s1. The number of rotatable bonds is 6. The summed E-state index contributed by atoms with van der Waals surface area (Å²) in [5, 5.41) is 8.96. The van der Waals surface area contributed by atoms with Crippen LogP contribution in [0.4, 0.5) is 4.39 Å². The van der Waals surface area contributed by atoms with Gasteiger partial charge in [-0.1, -0.05) is 19.1 Å². The first-order valence-electron chi connectivity index (χ1n) is 12.1. The van der Waals surface area contributed by atoms with Gasteiger partial charge in [0.2, 0.25) is 0 Å². The van der Waals surface area contributed by atoms with Crippen LogP contribution in [0.1, 0.15) is 68.1 Å². The monoisotopic (exact) mass is 469 g/mol. The van der Waals surface area contributed by atoms with E-state index in [0.717, 1.165) is 37.7 Å². The molecule has 33 heavy (non-hydrogen) atoms. The fourth-order valence-corrected chi connectivity index (χ4v) is 8.27. The predicted octanol–water partition coefficient (Wildman–Crippen LogP) is 5.32. The topological polar surface area (TPSA) is 67.3 Å². The van der Waals surface area contributed by atoms with Crippen LogP contribution < -0.4 is 0 Å². The highest BCUT2D eigenvalue weighted by Crippen LogP contribution is 2.63. The van der Waals surface area contributed by atoms with Crippen LogP contribution in [0.3, 0.4) is 0 Å². The fourth-order valence-electron chi connectivity index (χ4n) is 6.85. The Morgan fingerprint density at radius 3 is 2.82 bits per heavy atom. The zero-order valence-electron chi connectivity index (χ0n) is 19.1. The predicted molar refractivity (Wildman–Crippen MR) is 127 cm³/mol. The minimum absolute atomic E-state index is 0.0230. The van der Waals surface area contributed by atoms with E-state index in [1.807, 2.05) is 6.07 Å². The average molecular weight is 470 g/mol. The third kappa shape index (κ3) is 3.95. The van der Waals surface area contributed by atoms with Gasteiger partial charge in [0, 0.05) is 12.8 Å². The Morgan fingerprint density at radius 2 is 2.03 bits per heavy atom. The Balaban J connectivity index is 1.39. The lowest BCUT2D eigenvalue weighted by atomic mass is 9.54. The molecule has 1 aromatic heterocycles. The molecule has 0 spiro atoms. The number of aliphatic hydroxyl groups excluding tert-OH is 1. The third-order valence-electron chi connectivity index (χ3n) is 8.48. The van der Waals surface area contributed by atoms with Crippen LogP contribution in [0.25, 0.3) is 5.57 Å². The Bertz CT molecular complexity index is 1190. The summed E-state index contributed by atoms with van der Waals surface area (Å²) >= 11 is 0. The van der Waals surface area contributed by atoms with E-state index in [-0.39, 0.29) is 23.6 Å². The summed E-state index contributed by atoms with van der Waals surface area (Å²) in [4.78, 5) is 4.50. The summed E-state index contributed by atoms with van der Waals surface area (Å²) in [5.74, 6) is 1.32. The Hall–Kier alpha value is -2.05. The van der Waals surface area contributed by atoms with Crippen molar-refractivity contribution in [1.82, 2.24) is 4.98 Å². The van der Waals surface area contributed by atoms with Crippen molar-refractivity contribution < 1.29 is 17.9 Å². The van der Waals surface area contributed by atoms with Crippen molar-refractivity contribution in [3.63, 3.8) is 0 Å². The molecule has 1 saturated carbocycles. The molecule has 3 aliphatic rings. The van der Waals surface area contributed by atoms with E-state index < -0.39 is 9.84 Å². The van der Waals surface area contributed by atoms with Crippen LogP contribution in [0.15, 0.2) is 47.6 Å². The molecular formula is C27H32FNO3S. The van der Waals surface area contributed by atoms with Gasteiger partial charge in [0.25, 0.3) is 0 Å². The number of hydrogen-bond acceptors (Lipinski definition) is 4. The number of aliphatic hydroxyl groups is 1. The molecule has 0 bridgehead atoms. The van der Waals surface area contributed by atoms with Gasteiger partial charge in [-0.05, 0) is 109 Å². The molecule has 5 rings (SSSR count). The molecule has 4 nitrogen and oxygen atoms in total. The molecule has 0 radical (unpaired) electrons. The zero-order chi connectivity index (χ0) is 23.2. The number of unbranched alkanes of at least 4 members (excludes halogenated alkanes) is 1. The van der Waals surface area contributed by atoms with Crippen molar-refractivity contribution in [3.8, 4) is 0 Å². The van der Waals surface area contributed by atoms with Crippen LogP contribution in [-0.4, -0.2) is 30.9 Å². The molecule has 1 N–H and O–H groups in total. The summed E-state index contributed by atoms with van der Waals surface area (Å²) in [6.45, 7) is 2.37. The van der Waals surface area contributed by atoms with Crippen molar-refractivity contribution >= 4 is 15.4 Å². The maximum Gasteiger partial charge on any atom is 0.178 e. The molecule has 1 heterocycles. The van der Waals surface area contributed by atoms with Crippen molar-refractivity contribution in [2.45, 2.75) is 62.7 Å². The van der Waals surface area contributed by atoms with Crippen LogP contribution in [0, 0.1) is 23.1 Å². The number of aromatic nitrogens is 1. The van der Waals surface area contributed by atoms with Crippen LogP contribution >= 0.6 is 0 Å². The zero-order valence-corrected chi connectivity index (χ0v) is 20.0. The first-order chi connectivity index (χ1) is 15.8. The van der Waals surface area contributed by atoms with Crippen LogP contribution in [0.5, 0.6) is 0 Å². The highest BCUT2D eigenvalue weighted by molar-refractivity contribution is 7.91. The number of fused-ring (bicyclic) bond motifs is 5. The molecule has 1 aromatic carbocycles. The van der Waals surface area contributed by atoms with Crippen molar-refractivity contribution in [1.29, 1.82) is 0 Å². The normalized spacial score (nSPS) is 28.6. The maximum atomic E-state index is 13.9. The van der Waals surface area contributed by atoms with E-state index in [0.29, 0.717) is 35.5 Å². The summed E-state index contributed by atoms with van der Waals surface area (Å²) in [6, 6.07) is 7.37. The molecule has 0 amide bonds. The second-order valence-electron chi connectivity index (χ2n) is 10.2. The highest BCUT2D eigenvalue weighted by atomic mass is 32.2. The average Bonchev–Trinajstić information content (AvgIpc) is 3.16. The van der Waals surface area contributed by atoms with Crippen molar-refractivity contribution in [3.05, 3.63) is 65.2 Å². The number of sulfone groups is 1. The van der Waals surface area contributed by atoms with Gasteiger partial charge < -0.3 is 5.11 Å². The fraction of sp³-hybridized carbons (Fsp3) is 0.519. The molecular weight excluding hydrogens is 437 g/mol. The number of pyridine rings is 1. The first kappa shape index (κ1) is 22.7. The molecule has 0 saturated heterocycles. The van der Waals surface area contributed by atoms with Gasteiger partial charge >= 0.3 is 0 Å². The Kier molecular flexibility index (Phi) is 5.94. The lowest BCUT2D eigenvalue weighted by molar-refractivity contribution is 0.0885. The van der Waals surface area contributed by atoms with Gasteiger partial charge in [-0.2, -0.15) is 0 Å². The number of aryl methyl sites for hydroxylation is 1. The molecule has 3 aliphatic carbocycles. The number of nitrogens with zero attached hydrogens (tertiary/aromatic N) is 1. The molecule has 4 atom stereocenters. The van der Waals surface area contributed by atoms with Gasteiger partial charge in [0.1, 0.15) is 5.82 Å². The summed E-state index contributed by atoms with van der Waals surface area (Å²) < 4.78 is 39.3. The third-order valence-corrected chi connectivity index (χ3v) is 10.3. The van der Waals surface area contributed by atoms with Crippen molar-refractivity contribution in [2.75, 3.05) is 12.4 Å². The van der Waals surface area contributed by atoms with E-state index in [4.69, 9.17) is 5.11 Å². The number of allylic oxidation sites excluding steroid dienone is 2. The lowest BCUT2D eigenvalue weighted by Gasteiger charge is -2.50. The second-order valence-corrected chi connectivity index (χ2v) is 12.3. The summed E-state index contributed by atoms with van der Waals surface area (Å²) in [7, 11) is -3.32. The van der Waals surface area contributed by atoms with Crippen molar-refractivity contribution in [2.24, 2.45) is 17.3 Å². The van der Waals surface area contributed by atoms with Gasteiger partial charge in [0.05, 0.1) is 16.8 Å². The van der Waals surface area contributed by atoms with Gasteiger partial charge in [-0.3, -0.25) is 4.98 Å².